The summed E-state index contributed by atoms with van der Waals surface area (Å²) < 4.78 is 40.3. The Labute approximate surface area is 205 Å². The highest BCUT2D eigenvalue weighted by molar-refractivity contribution is 6.15. The fourth-order valence-corrected chi connectivity index (χ4v) is 4.01. The highest BCUT2D eigenvalue weighted by Gasteiger charge is 2.37. The first-order valence-electron chi connectivity index (χ1n) is 11.3. The summed E-state index contributed by atoms with van der Waals surface area (Å²) in [5.74, 6) is -0.943. The first kappa shape index (κ1) is 24.9. The van der Waals surface area contributed by atoms with E-state index in [0.29, 0.717) is 35.6 Å². The summed E-state index contributed by atoms with van der Waals surface area (Å²) in [6.07, 6.45) is -3.06. The average Bonchev–Trinajstić information content (AvgIpc) is 3.30. The number of hydrogen-bond acceptors (Lipinski definition) is 5. The van der Waals surface area contributed by atoms with Crippen LogP contribution in [0.5, 0.6) is 0 Å². The van der Waals surface area contributed by atoms with Crippen LogP contribution in [0.1, 0.15) is 45.3 Å². The van der Waals surface area contributed by atoms with Gasteiger partial charge in [0.2, 0.25) is 0 Å². The second-order valence-electron chi connectivity index (χ2n) is 8.28. The second kappa shape index (κ2) is 10.2. The summed E-state index contributed by atoms with van der Waals surface area (Å²) in [4.78, 5) is 27.7. The van der Waals surface area contributed by atoms with Gasteiger partial charge in [0.05, 0.1) is 29.9 Å². The van der Waals surface area contributed by atoms with E-state index in [1.165, 1.54) is 28.8 Å². The Kier molecular flexibility index (Phi) is 7.07. The molecule has 3 aromatic rings. The van der Waals surface area contributed by atoms with Crippen molar-refractivity contribution in [1.29, 1.82) is 5.26 Å². The van der Waals surface area contributed by atoms with Gasteiger partial charge in [-0.2, -0.15) is 23.5 Å². The standard InChI is InChI=1S/C25H23F3N6O2/c1-2-21(25(26,27)28)30-14-16-6-8-19(9-7-16)33-10-11-34-22(24(33)36)20(15-31-34)23(35)32-18-5-3-4-17(12-18)13-29/h3-9,12,15,21,30H,2,10-11,14H2,1H3,(H,32,35). The molecule has 0 saturated carbocycles. The van der Waals surface area contributed by atoms with E-state index in [9.17, 15) is 22.8 Å². The number of nitriles is 1. The van der Waals surface area contributed by atoms with E-state index in [1.807, 2.05) is 6.07 Å². The van der Waals surface area contributed by atoms with Gasteiger partial charge in [0, 0.05) is 24.5 Å². The topological polar surface area (TPSA) is 103 Å². The third-order valence-electron chi connectivity index (χ3n) is 5.92. The Balaban J connectivity index is 1.48. The molecule has 0 aliphatic carbocycles. The van der Waals surface area contributed by atoms with Crippen molar-refractivity contribution in [3.8, 4) is 6.07 Å². The number of nitrogens with zero attached hydrogens (tertiary/aromatic N) is 4. The van der Waals surface area contributed by atoms with E-state index in [1.54, 1.807) is 42.5 Å². The first-order valence-corrected chi connectivity index (χ1v) is 11.3. The van der Waals surface area contributed by atoms with Crippen molar-refractivity contribution in [2.24, 2.45) is 0 Å². The van der Waals surface area contributed by atoms with Gasteiger partial charge in [-0.3, -0.25) is 14.3 Å². The normalized spacial score (nSPS) is 14.2. The summed E-state index contributed by atoms with van der Waals surface area (Å²) in [5, 5.41) is 18.4. The van der Waals surface area contributed by atoms with E-state index < -0.39 is 24.0 Å². The van der Waals surface area contributed by atoms with Crippen LogP contribution in [-0.4, -0.2) is 40.4 Å². The number of fused-ring (bicyclic) bond motifs is 1. The Morgan fingerprint density at radius 3 is 2.61 bits per heavy atom. The van der Waals surface area contributed by atoms with Crippen LogP contribution in [0.3, 0.4) is 0 Å². The summed E-state index contributed by atoms with van der Waals surface area (Å²) in [6, 6.07) is 13.5. The number of carbonyl (C=O) groups excluding carboxylic acids is 2. The molecule has 8 nitrogen and oxygen atoms in total. The zero-order chi connectivity index (χ0) is 25.9. The van der Waals surface area contributed by atoms with Gasteiger partial charge < -0.3 is 15.5 Å². The molecule has 1 aromatic heterocycles. The minimum absolute atomic E-state index is 0.0380. The maximum Gasteiger partial charge on any atom is 0.403 e. The zero-order valence-electron chi connectivity index (χ0n) is 19.3. The molecule has 0 radical (unpaired) electrons. The second-order valence-corrected chi connectivity index (χ2v) is 8.28. The quantitative estimate of drug-likeness (QED) is 0.513. The number of benzene rings is 2. The number of hydrogen-bond donors (Lipinski definition) is 2. The molecule has 186 valence electrons. The van der Waals surface area contributed by atoms with Crippen LogP contribution in [0.25, 0.3) is 0 Å². The molecule has 0 saturated heterocycles. The maximum atomic E-state index is 13.3. The number of rotatable bonds is 7. The zero-order valence-corrected chi connectivity index (χ0v) is 19.3. The highest BCUT2D eigenvalue weighted by atomic mass is 19.4. The molecule has 1 atom stereocenters. The lowest BCUT2D eigenvalue weighted by atomic mass is 10.1. The maximum absolute atomic E-state index is 13.3. The van der Waals surface area contributed by atoms with E-state index in [4.69, 9.17) is 5.26 Å². The molecule has 2 amide bonds. The molecule has 2 N–H and O–H groups in total. The molecule has 1 unspecified atom stereocenters. The van der Waals surface area contributed by atoms with Crippen LogP contribution in [0.2, 0.25) is 0 Å². The van der Waals surface area contributed by atoms with Crippen molar-refractivity contribution in [1.82, 2.24) is 15.1 Å². The largest absolute Gasteiger partial charge is 0.403 e. The lowest BCUT2D eigenvalue weighted by Gasteiger charge is -2.28. The van der Waals surface area contributed by atoms with E-state index in [-0.39, 0.29) is 24.2 Å². The van der Waals surface area contributed by atoms with Crippen molar-refractivity contribution in [2.75, 3.05) is 16.8 Å². The minimum Gasteiger partial charge on any atom is -0.322 e. The van der Waals surface area contributed by atoms with Crippen LogP contribution < -0.4 is 15.5 Å². The summed E-state index contributed by atoms with van der Waals surface area (Å²) in [6.45, 7) is 2.20. The van der Waals surface area contributed by atoms with Gasteiger partial charge in [-0.05, 0) is 42.3 Å². The molecule has 11 heteroatoms. The molecule has 0 fully saturated rings. The molecule has 2 heterocycles. The number of aromatic nitrogens is 2. The fraction of sp³-hybridized carbons (Fsp3) is 0.280. The number of alkyl halides is 3. The average molecular weight is 496 g/mol. The third kappa shape index (κ3) is 5.23. The number of carbonyl (C=O) groups is 2. The smallest absolute Gasteiger partial charge is 0.322 e. The van der Waals surface area contributed by atoms with Crippen molar-refractivity contribution in [3.05, 3.63) is 77.1 Å². The van der Waals surface area contributed by atoms with Crippen molar-refractivity contribution < 1.29 is 22.8 Å². The third-order valence-corrected chi connectivity index (χ3v) is 5.92. The van der Waals surface area contributed by atoms with Gasteiger partial charge in [0.25, 0.3) is 11.8 Å². The van der Waals surface area contributed by atoms with Crippen molar-refractivity contribution in [3.63, 3.8) is 0 Å². The monoisotopic (exact) mass is 496 g/mol. The first-order chi connectivity index (χ1) is 17.2. The lowest BCUT2D eigenvalue weighted by molar-refractivity contribution is -0.156. The lowest BCUT2D eigenvalue weighted by Crippen LogP contribution is -2.41. The van der Waals surface area contributed by atoms with Gasteiger partial charge in [-0.15, -0.1) is 0 Å². The van der Waals surface area contributed by atoms with Gasteiger partial charge in [-0.1, -0.05) is 25.1 Å². The van der Waals surface area contributed by atoms with Crippen molar-refractivity contribution in [2.45, 2.75) is 38.7 Å². The predicted octanol–water partition coefficient (Wildman–Crippen LogP) is 4.10. The SMILES string of the molecule is CCC(NCc1ccc(N2CCn3ncc(C(=O)Nc4cccc(C#N)c4)c3C2=O)cc1)C(F)(F)F. The number of halogens is 3. The fourth-order valence-electron chi connectivity index (χ4n) is 4.01. The van der Waals surface area contributed by atoms with Crippen molar-refractivity contribution >= 4 is 23.2 Å². The summed E-state index contributed by atoms with van der Waals surface area (Å²) in [5.41, 5.74) is 2.25. The van der Waals surface area contributed by atoms with Gasteiger partial charge in [0.15, 0.2) is 0 Å². The Morgan fingerprint density at radius 1 is 1.19 bits per heavy atom. The Hall–Kier alpha value is -4.17. The molecule has 1 aliphatic heterocycles. The number of amides is 2. The summed E-state index contributed by atoms with van der Waals surface area (Å²) >= 11 is 0. The molecule has 36 heavy (non-hydrogen) atoms. The molecule has 0 bridgehead atoms. The molecule has 0 spiro atoms. The predicted molar refractivity (Wildman–Crippen MR) is 126 cm³/mol. The number of anilines is 2. The van der Waals surface area contributed by atoms with E-state index in [0.717, 1.165) is 0 Å². The molecular formula is C25H23F3N6O2. The molecule has 4 rings (SSSR count). The van der Waals surface area contributed by atoms with Gasteiger partial charge >= 0.3 is 6.18 Å². The van der Waals surface area contributed by atoms with Crippen LogP contribution in [-0.2, 0) is 13.1 Å². The molecule has 2 aromatic carbocycles. The molecular weight excluding hydrogens is 473 g/mol. The van der Waals surface area contributed by atoms with Crippen LogP contribution in [0.15, 0.2) is 54.7 Å². The Bertz CT molecular complexity index is 1310. The van der Waals surface area contributed by atoms with E-state index >= 15 is 0 Å². The highest BCUT2D eigenvalue weighted by Crippen LogP contribution is 2.25. The van der Waals surface area contributed by atoms with Gasteiger partial charge in [-0.25, -0.2) is 0 Å². The molecule has 1 aliphatic rings. The summed E-state index contributed by atoms with van der Waals surface area (Å²) in [7, 11) is 0. The minimum atomic E-state index is -4.32. The number of nitrogens with one attached hydrogen (secondary N) is 2. The van der Waals surface area contributed by atoms with Crippen LogP contribution in [0, 0.1) is 11.3 Å². The Morgan fingerprint density at radius 2 is 1.94 bits per heavy atom. The van der Waals surface area contributed by atoms with Gasteiger partial charge in [0.1, 0.15) is 11.7 Å². The van der Waals surface area contributed by atoms with E-state index in [2.05, 4.69) is 15.7 Å². The van der Waals surface area contributed by atoms with Crippen LogP contribution in [0.4, 0.5) is 24.5 Å². The van der Waals surface area contributed by atoms with Crippen LogP contribution >= 0.6 is 0 Å².